The van der Waals surface area contributed by atoms with E-state index < -0.39 is 35.0 Å². The molecule has 4 amide bonds. The van der Waals surface area contributed by atoms with E-state index in [-0.39, 0.29) is 35.8 Å². The standard InChI is InChI=1S/C39H32N2O5/c1-3-22-13-16-25(17-14-22)40-35(43)28-19-18-27-29(32(28)37(40)45)21-30-36(44)41(24-10-5-4-6-11-24)38(46)39(30,2)34(27)33-26-12-8-7-9-23(26)15-20-31(33)42/h3-18,20,28-30,32,34,42H,1,19,21H2,2H3. The number of phenols is 1. The fraction of sp³-hybridized carbons (Fsp3) is 0.231. The van der Waals surface area contributed by atoms with Crippen molar-refractivity contribution in [2.45, 2.75) is 25.7 Å². The van der Waals surface area contributed by atoms with Crippen molar-refractivity contribution in [1.82, 2.24) is 0 Å². The molecule has 3 fully saturated rings. The lowest BCUT2D eigenvalue weighted by atomic mass is 9.51. The lowest BCUT2D eigenvalue weighted by molar-refractivity contribution is -0.131. The summed E-state index contributed by atoms with van der Waals surface area (Å²) in [6.45, 7) is 5.63. The molecule has 4 aliphatic rings. The van der Waals surface area contributed by atoms with Crippen molar-refractivity contribution < 1.29 is 24.3 Å². The summed E-state index contributed by atoms with van der Waals surface area (Å²) in [7, 11) is 0. The molecule has 4 aromatic carbocycles. The average Bonchev–Trinajstić information content (AvgIpc) is 3.45. The van der Waals surface area contributed by atoms with Gasteiger partial charge in [-0.15, -0.1) is 0 Å². The number of anilines is 2. The summed E-state index contributed by atoms with van der Waals surface area (Å²) in [5.74, 6) is -4.38. The third-order valence-electron chi connectivity index (χ3n) is 10.9. The first kappa shape index (κ1) is 28.2. The van der Waals surface area contributed by atoms with Crippen LogP contribution in [0.1, 0.15) is 36.8 Å². The number of amides is 4. The maximum atomic E-state index is 14.7. The number of allylic oxidation sites excluding steroid dienone is 2. The molecule has 46 heavy (non-hydrogen) atoms. The van der Waals surface area contributed by atoms with Gasteiger partial charge in [-0.25, -0.2) is 4.90 Å². The van der Waals surface area contributed by atoms with Gasteiger partial charge in [-0.05, 0) is 72.4 Å². The van der Waals surface area contributed by atoms with Crippen LogP contribution in [0.3, 0.4) is 0 Å². The Kier molecular flexibility index (Phi) is 6.19. The van der Waals surface area contributed by atoms with Crippen molar-refractivity contribution in [2.75, 3.05) is 9.80 Å². The number of carbonyl (C=O) groups excluding carboxylic acids is 4. The van der Waals surface area contributed by atoms with Crippen LogP contribution in [0.15, 0.2) is 109 Å². The van der Waals surface area contributed by atoms with Crippen molar-refractivity contribution in [1.29, 1.82) is 0 Å². The number of aromatic hydroxyl groups is 1. The first-order valence-electron chi connectivity index (χ1n) is 15.7. The second-order valence-electron chi connectivity index (χ2n) is 13.0. The summed E-state index contributed by atoms with van der Waals surface area (Å²) in [6.07, 6.45) is 4.29. The fourth-order valence-corrected chi connectivity index (χ4v) is 8.75. The van der Waals surface area contributed by atoms with Crippen molar-refractivity contribution in [3.05, 3.63) is 120 Å². The van der Waals surface area contributed by atoms with Gasteiger partial charge in [-0.3, -0.25) is 24.1 Å². The normalized spacial score (nSPS) is 28.6. The van der Waals surface area contributed by atoms with E-state index >= 15 is 0 Å². The number of hydrogen-bond acceptors (Lipinski definition) is 5. The number of carbonyl (C=O) groups is 4. The smallest absolute Gasteiger partial charge is 0.241 e. The van der Waals surface area contributed by atoms with E-state index in [0.29, 0.717) is 23.4 Å². The third-order valence-corrected chi connectivity index (χ3v) is 10.9. The molecule has 2 aliphatic heterocycles. The minimum atomic E-state index is -1.24. The van der Waals surface area contributed by atoms with Gasteiger partial charge in [0.15, 0.2) is 0 Å². The fourth-order valence-electron chi connectivity index (χ4n) is 8.75. The molecule has 7 nitrogen and oxygen atoms in total. The Labute approximate surface area is 266 Å². The molecule has 1 N–H and O–H groups in total. The Morgan fingerprint density at radius 2 is 1.48 bits per heavy atom. The monoisotopic (exact) mass is 608 g/mol. The van der Waals surface area contributed by atoms with Gasteiger partial charge >= 0.3 is 0 Å². The van der Waals surface area contributed by atoms with Crippen LogP contribution in [0.5, 0.6) is 5.75 Å². The van der Waals surface area contributed by atoms with Gasteiger partial charge in [0, 0.05) is 11.5 Å². The topological polar surface area (TPSA) is 95.0 Å². The molecule has 0 spiro atoms. The van der Waals surface area contributed by atoms with E-state index in [9.17, 15) is 24.3 Å². The Morgan fingerprint density at radius 3 is 2.22 bits per heavy atom. The van der Waals surface area contributed by atoms with Gasteiger partial charge in [0.25, 0.3) is 0 Å². The van der Waals surface area contributed by atoms with Crippen LogP contribution in [-0.2, 0) is 19.2 Å². The summed E-state index contributed by atoms with van der Waals surface area (Å²) in [4.78, 5) is 59.9. The molecule has 2 heterocycles. The molecule has 228 valence electrons. The molecule has 1 saturated carbocycles. The van der Waals surface area contributed by atoms with Crippen LogP contribution in [0.2, 0.25) is 0 Å². The number of rotatable bonds is 4. The van der Waals surface area contributed by atoms with Crippen LogP contribution >= 0.6 is 0 Å². The zero-order chi connectivity index (χ0) is 31.9. The number of para-hydroxylation sites is 1. The third kappa shape index (κ3) is 3.71. The molecule has 2 aliphatic carbocycles. The van der Waals surface area contributed by atoms with Crippen molar-refractivity contribution >= 4 is 51.9 Å². The Balaban J connectivity index is 1.31. The largest absolute Gasteiger partial charge is 0.508 e. The molecule has 2 saturated heterocycles. The molecule has 0 radical (unpaired) electrons. The second-order valence-corrected chi connectivity index (χ2v) is 13.0. The predicted octanol–water partition coefficient (Wildman–Crippen LogP) is 6.62. The molecular formula is C39H32N2O5. The molecule has 6 unspecified atom stereocenters. The number of imide groups is 2. The number of fused-ring (bicyclic) bond motifs is 5. The zero-order valence-electron chi connectivity index (χ0n) is 25.3. The van der Waals surface area contributed by atoms with E-state index in [2.05, 4.69) is 6.58 Å². The van der Waals surface area contributed by atoms with Crippen LogP contribution < -0.4 is 9.80 Å². The van der Waals surface area contributed by atoms with Gasteiger partial charge in [0.1, 0.15) is 5.75 Å². The predicted molar refractivity (Wildman–Crippen MR) is 176 cm³/mol. The Hall–Kier alpha value is -5.30. The summed E-state index contributed by atoms with van der Waals surface area (Å²) in [5.41, 5.74) is 2.04. The van der Waals surface area contributed by atoms with Crippen molar-refractivity contribution in [3.8, 4) is 5.75 Å². The Morgan fingerprint density at radius 1 is 0.783 bits per heavy atom. The molecule has 0 bridgehead atoms. The van der Waals surface area contributed by atoms with Crippen molar-refractivity contribution in [3.63, 3.8) is 0 Å². The highest BCUT2D eigenvalue weighted by atomic mass is 16.3. The first-order valence-corrected chi connectivity index (χ1v) is 15.7. The Bertz CT molecular complexity index is 2020. The number of hydrogen-bond donors (Lipinski definition) is 1. The first-order chi connectivity index (χ1) is 22.3. The maximum Gasteiger partial charge on any atom is 0.241 e. The maximum absolute atomic E-state index is 14.7. The summed E-state index contributed by atoms with van der Waals surface area (Å²) >= 11 is 0. The highest BCUT2D eigenvalue weighted by Gasteiger charge is 2.68. The van der Waals surface area contributed by atoms with Gasteiger partial charge in [0.05, 0.1) is 34.5 Å². The van der Waals surface area contributed by atoms with Gasteiger partial charge in [0.2, 0.25) is 23.6 Å². The van der Waals surface area contributed by atoms with Crippen LogP contribution in [0, 0.1) is 29.1 Å². The lowest BCUT2D eigenvalue weighted by Crippen LogP contribution is -2.49. The highest BCUT2D eigenvalue weighted by Crippen LogP contribution is 2.65. The van der Waals surface area contributed by atoms with Crippen LogP contribution in [0.25, 0.3) is 16.8 Å². The molecule has 7 heteroatoms. The number of nitrogens with zero attached hydrogens (tertiary/aromatic N) is 2. The van der Waals surface area contributed by atoms with Gasteiger partial charge < -0.3 is 5.11 Å². The van der Waals surface area contributed by atoms with Gasteiger partial charge in [-0.1, -0.05) is 85.0 Å². The molecule has 0 aromatic heterocycles. The summed E-state index contributed by atoms with van der Waals surface area (Å²) < 4.78 is 0. The molecule has 6 atom stereocenters. The van der Waals surface area contributed by atoms with Gasteiger partial charge in [-0.2, -0.15) is 0 Å². The SMILES string of the molecule is C=Cc1ccc(N2C(=O)C3CC=C4C(CC5C(=O)N(c6ccccc6)C(=O)C5(C)C4c4c(O)ccc5ccccc45)C3C2=O)cc1. The molecule has 4 aromatic rings. The van der Waals surface area contributed by atoms with E-state index in [4.69, 9.17) is 0 Å². The quantitative estimate of drug-likeness (QED) is 0.208. The number of phenolic OH excluding ortho intramolecular Hbond substituents is 1. The zero-order valence-corrected chi connectivity index (χ0v) is 25.3. The van der Waals surface area contributed by atoms with Crippen molar-refractivity contribution in [2.24, 2.45) is 29.1 Å². The highest BCUT2D eigenvalue weighted by molar-refractivity contribution is 6.25. The van der Waals surface area contributed by atoms with E-state index in [1.807, 2.05) is 61.5 Å². The molecular weight excluding hydrogens is 576 g/mol. The van der Waals surface area contributed by atoms with Crippen LogP contribution in [-0.4, -0.2) is 28.7 Å². The molecule has 8 rings (SSSR count). The minimum absolute atomic E-state index is 0.0310. The van der Waals surface area contributed by atoms with Crippen LogP contribution in [0.4, 0.5) is 11.4 Å². The lowest BCUT2D eigenvalue weighted by Gasteiger charge is -2.49. The average molecular weight is 609 g/mol. The summed E-state index contributed by atoms with van der Waals surface area (Å²) in [6, 6.07) is 27.2. The second kappa shape index (κ2) is 10.1. The number of benzene rings is 4. The minimum Gasteiger partial charge on any atom is -0.508 e. The van der Waals surface area contributed by atoms with E-state index in [1.54, 1.807) is 48.5 Å². The summed E-state index contributed by atoms with van der Waals surface area (Å²) in [5, 5.41) is 13.2. The van der Waals surface area contributed by atoms with E-state index in [1.165, 1.54) is 9.80 Å². The van der Waals surface area contributed by atoms with E-state index in [0.717, 1.165) is 21.9 Å².